The number of benzene rings is 1. The van der Waals surface area contributed by atoms with E-state index in [1.165, 1.54) is 18.4 Å². The minimum atomic E-state index is -0.514. The van der Waals surface area contributed by atoms with Gasteiger partial charge in [-0.25, -0.2) is 0 Å². The molecule has 0 aliphatic heterocycles. The molecule has 1 atom stereocenters. The van der Waals surface area contributed by atoms with Crippen LogP contribution in [0.25, 0.3) is 5.32 Å². The number of para-hydroxylation sites is 1. The van der Waals surface area contributed by atoms with Gasteiger partial charge >= 0.3 is 18.9 Å². The number of hydrogen-bond acceptors (Lipinski definition) is 2. The standard InChI is InChI=1S/C15H19NO2.Li/c1-12(13-8-4-2-5-9-13)18-15(17)16-14-10-6-3-7-11-14;/h3,6-8,10-12H,2,4-5,9H2,1H3,(H,16,17);/q;+1/p-1. The molecule has 19 heavy (non-hydrogen) atoms. The zero-order chi connectivity index (χ0) is 12.8. The Bertz CT molecular complexity index is 431. The Balaban J connectivity index is 0.00000180. The van der Waals surface area contributed by atoms with Gasteiger partial charge in [0.2, 0.25) is 6.09 Å². The molecule has 1 aromatic carbocycles. The number of carbonyl (C=O) groups excluding carboxylic acids is 1. The van der Waals surface area contributed by atoms with E-state index in [-0.39, 0.29) is 25.0 Å². The molecule has 96 valence electrons. The fraction of sp³-hybridized carbons (Fsp3) is 0.400. The van der Waals surface area contributed by atoms with Crippen molar-refractivity contribution in [3.63, 3.8) is 0 Å². The predicted molar refractivity (Wildman–Crippen MR) is 72.0 cm³/mol. The van der Waals surface area contributed by atoms with E-state index in [4.69, 9.17) is 4.74 Å². The summed E-state index contributed by atoms with van der Waals surface area (Å²) in [5.41, 5.74) is 1.85. The fourth-order valence-electron chi connectivity index (χ4n) is 2.09. The Kier molecular flexibility index (Phi) is 6.76. The third kappa shape index (κ3) is 5.14. The second-order valence-electron chi connectivity index (χ2n) is 4.50. The van der Waals surface area contributed by atoms with E-state index in [1.54, 1.807) is 12.1 Å². The summed E-state index contributed by atoms with van der Waals surface area (Å²) in [6.07, 6.45) is 6.05. The summed E-state index contributed by atoms with van der Waals surface area (Å²) in [4.78, 5) is 11.6. The Hall–Kier alpha value is -1.17. The predicted octanol–water partition coefficient (Wildman–Crippen LogP) is 1.72. The Labute approximate surface area is 126 Å². The normalized spacial score (nSPS) is 15.7. The van der Waals surface area contributed by atoms with Crippen molar-refractivity contribution in [3.05, 3.63) is 47.3 Å². The van der Waals surface area contributed by atoms with Crippen molar-refractivity contribution >= 4 is 11.8 Å². The smallest absolute Gasteiger partial charge is 0.591 e. The molecule has 1 aliphatic rings. The van der Waals surface area contributed by atoms with Gasteiger partial charge in [0.05, 0.1) is 0 Å². The molecule has 0 radical (unpaired) electrons. The van der Waals surface area contributed by atoms with Crippen molar-refractivity contribution < 1.29 is 28.4 Å². The van der Waals surface area contributed by atoms with Crippen LogP contribution in [0, 0.1) is 0 Å². The summed E-state index contributed by atoms with van der Waals surface area (Å²) in [5.74, 6) is 0. The van der Waals surface area contributed by atoms with Gasteiger partial charge < -0.3 is 10.1 Å². The third-order valence-corrected chi connectivity index (χ3v) is 3.10. The molecular weight excluding hydrogens is 233 g/mol. The Morgan fingerprint density at radius 2 is 2.00 bits per heavy atom. The van der Waals surface area contributed by atoms with Gasteiger partial charge in [-0.05, 0) is 38.2 Å². The van der Waals surface area contributed by atoms with Crippen LogP contribution < -0.4 is 18.9 Å². The van der Waals surface area contributed by atoms with E-state index in [0.29, 0.717) is 5.69 Å². The van der Waals surface area contributed by atoms with Crippen molar-refractivity contribution in [1.29, 1.82) is 0 Å². The average Bonchev–Trinajstić information content (AvgIpc) is 2.40. The number of hydrogen-bond donors (Lipinski definition) is 0. The zero-order valence-corrected chi connectivity index (χ0v) is 11.6. The van der Waals surface area contributed by atoms with Crippen molar-refractivity contribution in [2.75, 3.05) is 0 Å². The summed E-state index contributed by atoms with van der Waals surface area (Å²) in [6, 6.07) is 9.15. The van der Waals surface area contributed by atoms with E-state index < -0.39 is 6.09 Å². The van der Waals surface area contributed by atoms with Crippen molar-refractivity contribution in [3.8, 4) is 0 Å². The fourth-order valence-corrected chi connectivity index (χ4v) is 2.09. The molecule has 0 saturated heterocycles. The van der Waals surface area contributed by atoms with Crippen LogP contribution in [0.2, 0.25) is 0 Å². The van der Waals surface area contributed by atoms with Gasteiger partial charge in [-0.1, -0.05) is 36.4 Å². The van der Waals surface area contributed by atoms with Crippen molar-refractivity contribution in [2.45, 2.75) is 38.7 Å². The van der Waals surface area contributed by atoms with Gasteiger partial charge in [0.1, 0.15) is 6.10 Å². The Morgan fingerprint density at radius 1 is 1.26 bits per heavy atom. The van der Waals surface area contributed by atoms with E-state index >= 15 is 0 Å². The molecule has 0 spiro atoms. The van der Waals surface area contributed by atoms with Gasteiger partial charge in [0, 0.05) is 0 Å². The molecule has 1 aromatic rings. The number of allylic oxidation sites excluding steroid dienone is 1. The maximum Gasteiger partial charge on any atom is 1.00 e. The molecule has 0 N–H and O–H groups in total. The third-order valence-electron chi connectivity index (χ3n) is 3.10. The Morgan fingerprint density at radius 3 is 2.63 bits per heavy atom. The molecular formula is C15H18LiNO2. The largest absolute Gasteiger partial charge is 1.00 e. The van der Waals surface area contributed by atoms with Crippen LogP contribution in [0.5, 0.6) is 0 Å². The first-order chi connectivity index (χ1) is 8.75. The molecule has 1 aliphatic carbocycles. The molecule has 1 unspecified atom stereocenters. The van der Waals surface area contributed by atoms with Crippen LogP contribution in [0.3, 0.4) is 0 Å². The van der Waals surface area contributed by atoms with Crippen LogP contribution in [0.15, 0.2) is 42.0 Å². The quantitative estimate of drug-likeness (QED) is 0.606. The van der Waals surface area contributed by atoms with Gasteiger partial charge in [-0.3, -0.25) is 4.79 Å². The van der Waals surface area contributed by atoms with Gasteiger partial charge in [0.25, 0.3) is 0 Å². The van der Waals surface area contributed by atoms with Crippen LogP contribution >= 0.6 is 0 Å². The number of rotatable bonds is 3. The molecule has 0 saturated carbocycles. The van der Waals surface area contributed by atoms with Crippen LogP contribution in [-0.4, -0.2) is 12.2 Å². The molecule has 0 heterocycles. The molecule has 0 fully saturated rings. The maximum absolute atomic E-state index is 11.6. The molecule has 3 nitrogen and oxygen atoms in total. The minimum absolute atomic E-state index is 0. The van der Waals surface area contributed by atoms with Crippen molar-refractivity contribution in [2.24, 2.45) is 0 Å². The molecule has 2 rings (SSSR count). The number of ether oxygens (including phenoxy) is 1. The summed E-state index contributed by atoms with van der Waals surface area (Å²) in [7, 11) is 0. The van der Waals surface area contributed by atoms with E-state index in [0.717, 1.165) is 12.8 Å². The summed E-state index contributed by atoms with van der Waals surface area (Å²) in [6.45, 7) is 1.91. The second kappa shape index (κ2) is 8.09. The number of amides is 1. The summed E-state index contributed by atoms with van der Waals surface area (Å²) >= 11 is 0. The second-order valence-corrected chi connectivity index (χ2v) is 4.50. The van der Waals surface area contributed by atoms with Gasteiger partial charge in [0.15, 0.2) is 0 Å². The maximum atomic E-state index is 11.6. The first-order valence-corrected chi connectivity index (χ1v) is 6.42. The SMILES string of the molecule is CC(OC(=O)[N-]c1ccccc1)C1=CCCCC1.[Li+]. The van der Waals surface area contributed by atoms with Crippen molar-refractivity contribution in [1.82, 2.24) is 0 Å². The minimum Gasteiger partial charge on any atom is -0.591 e. The molecule has 0 bridgehead atoms. The van der Waals surface area contributed by atoms with E-state index in [1.807, 2.05) is 25.1 Å². The van der Waals surface area contributed by atoms with E-state index in [9.17, 15) is 4.79 Å². The number of carbonyl (C=O) groups is 1. The number of nitrogens with zero attached hydrogens (tertiary/aromatic N) is 1. The molecule has 4 heteroatoms. The zero-order valence-electron chi connectivity index (χ0n) is 11.6. The van der Waals surface area contributed by atoms with Gasteiger partial charge in [-0.2, -0.15) is 0 Å². The van der Waals surface area contributed by atoms with Crippen LogP contribution in [-0.2, 0) is 4.74 Å². The van der Waals surface area contributed by atoms with Crippen LogP contribution in [0.4, 0.5) is 10.5 Å². The summed E-state index contributed by atoms with van der Waals surface area (Å²) in [5, 5.41) is 3.91. The topological polar surface area (TPSA) is 40.4 Å². The first-order valence-electron chi connectivity index (χ1n) is 6.42. The van der Waals surface area contributed by atoms with Crippen LogP contribution in [0.1, 0.15) is 32.6 Å². The average molecular weight is 251 g/mol. The molecule has 0 aromatic heterocycles. The molecule has 1 amide bonds. The monoisotopic (exact) mass is 251 g/mol. The summed E-state index contributed by atoms with van der Waals surface area (Å²) < 4.78 is 5.32. The van der Waals surface area contributed by atoms with E-state index in [2.05, 4.69) is 11.4 Å². The van der Waals surface area contributed by atoms with Gasteiger partial charge in [-0.15, -0.1) is 5.69 Å². The first kappa shape index (κ1) is 15.9.